The summed E-state index contributed by atoms with van der Waals surface area (Å²) in [5.41, 5.74) is 2.34. The number of esters is 1. The molecule has 0 heterocycles. The van der Waals surface area contributed by atoms with Gasteiger partial charge in [-0.25, -0.2) is 4.79 Å². The number of hydrogen-bond donors (Lipinski definition) is 0. The van der Waals surface area contributed by atoms with E-state index in [0.717, 1.165) is 24.3 Å². The molecule has 20 heavy (non-hydrogen) atoms. The van der Waals surface area contributed by atoms with Crippen molar-refractivity contribution in [2.24, 2.45) is 0 Å². The highest BCUT2D eigenvalue weighted by Crippen LogP contribution is 2.21. The maximum atomic E-state index is 11.3. The van der Waals surface area contributed by atoms with E-state index in [1.54, 1.807) is 19.1 Å². The van der Waals surface area contributed by atoms with E-state index in [9.17, 15) is 10.1 Å². The van der Waals surface area contributed by atoms with Gasteiger partial charge in [0, 0.05) is 19.2 Å². The summed E-state index contributed by atoms with van der Waals surface area (Å²) < 4.78 is 4.82. The zero-order valence-electron chi connectivity index (χ0n) is 12.2. The van der Waals surface area contributed by atoms with E-state index >= 15 is 0 Å². The summed E-state index contributed by atoms with van der Waals surface area (Å²) in [6, 6.07) is 7.79. The minimum atomic E-state index is -0.376. The first-order valence-corrected chi connectivity index (χ1v) is 6.80. The minimum Gasteiger partial charge on any atom is -0.463 e. The molecule has 0 radical (unpaired) electrons. The molecule has 0 atom stereocenters. The summed E-state index contributed by atoms with van der Waals surface area (Å²) in [7, 11) is 0. The third-order valence-electron chi connectivity index (χ3n) is 2.94. The molecule has 0 unspecified atom stereocenters. The molecule has 0 aliphatic carbocycles. The first-order valence-electron chi connectivity index (χ1n) is 6.80. The third kappa shape index (κ3) is 4.13. The Morgan fingerprint density at radius 3 is 2.60 bits per heavy atom. The number of hydrogen-bond acceptors (Lipinski definition) is 4. The molecule has 0 bridgehead atoms. The molecule has 0 spiro atoms. The van der Waals surface area contributed by atoms with E-state index in [4.69, 9.17) is 4.74 Å². The summed E-state index contributed by atoms with van der Waals surface area (Å²) in [5, 5.41) is 9.25. The lowest BCUT2D eigenvalue weighted by atomic mass is 10.1. The number of ether oxygens (including phenoxy) is 1. The maximum absolute atomic E-state index is 11.3. The van der Waals surface area contributed by atoms with Crippen LogP contribution in [0, 0.1) is 11.3 Å². The van der Waals surface area contributed by atoms with Crippen LogP contribution in [0.5, 0.6) is 0 Å². The summed E-state index contributed by atoms with van der Waals surface area (Å²) >= 11 is 0. The van der Waals surface area contributed by atoms with Crippen molar-refractivity contribution in [3.63, 3.8) is 0 Å². The maximum Gasteiger partial charge on any atom is 0.330 e. The van der Waals surface area contributed by atoms with Gasteiger partial charge < -0.3 is 9.64 Å². The van der Waals surface area contributed by atoms with Crippen molar-refractivity contribution in [1.82, 2.24) is 0 Å². The summed E-state index contributed by atoms with van der Waals surface area (Å²) in [6.45, 7) is 7.93. The minimum absolute atomic E-state index is 0.355. The number of nitriles is 1. The van der Waals surface area contributed by atoms with E-state index in [-0.39, 0.29) is 5.97 Å². The van der Waals surface area contributed by atoms with Crippen LogP contribution < -0.4 is 4.90 Å². The van der Waals surface area contributed by atoms with Gasteiger partial charge in [0.25, 0.3) is 0 Å². The van der Waals surface area contributed by atoms with Gasteiger partial charge in [-0.15, -0.1) is 0 Å². The number of carbonyl (C=O) groups excluding carboxylic acids is 1. The Kier molecular flexibility index (Phi) is 6.31. The van der Waals surface area contributed by atoms with Crippen molar-refractivity contribution >= 4 is 17.7 Å². The Morgan fingerprint density at radius 2 is 2.05 bits per heavy atom. The summed E-state index contributed by atoms with van der Waals surface area (Å²) in [4.78, 5) is 13.4. The van der Waals surface area contributed by atoms with Crippen molar-refractivity contribution in [3.8, 4) is 6.07 Å². The second kappa shape index (κ2) is 8.00. The molecule has 106 valence electrons. The molecule has 0 saturated heterocycles. The topological polar surface area (TPSA) is 53.3 Å². The lowest BCUT2D eigenvalue weighted by Crippen LogP contribution is -2.22. The van der Waals surface area contributed by atoms with Gasteiger partial charge in [0.1, 0.15) is 6.07 Å². The highest BCUT2D eigenvalue weighted by Gasteiger charge is 2.08. The van der Waals surface area contributed by atoms with Crippen molar-refractivity contribution < 1.29 is 9.53 Å². The SMILES string of the molecule is CCOC(=O)C=Cc1ccc(N(CC)CC)c(C#N)c1. The average Bonchev–Trinajstić information content (AvgIpc) is 2.47. The van der Waals surface area contributed by atoms with Crippen molar-refractivity contribution in [2.75, 3.05) is 24.6 Å². The van der Waals surface area contributed by atoms with Crippen molar-refractivity contribution in [1.29, 1.82) is 5.26 Å². The zero-order valence-corrected chi connectivity index (χ0v) is 12.2. The van der Waals surface area contributed by atoms with Gasteiger partial charge in [-0.1, -0.05) is 6.07 Å². The zero-order chi connectivity index (χ0) is 15.0. The molecule has 1 rings (SSSR count). The molecule has 4 nitrogen and oxygen atoms in total. The molecule has 4 heteroatoms. The second-order valence-corrected chi connectivity index (χ2v) is 4.15. The van der Waals surface area contributed by atoms with Gasteiger partial charge in [-0.05, 0) is 44.5 Å². The second-order valence-electron chi connectivity index (χ2n) is 4.15. The monoisotopic (exact) mass is 272 g/mol. The Morgan fingerprint density at radius 1 is 1.35 bits per heavy atom. The highest BCUT2D eigenvalue weighted by molar-refractivity contribution is 5.87. The number of carbonyl (C=O) groups is 1. The lowest BCUT2D eigenvalue weighted by molar-refractivity contribution is -0.137. The van der Waals surface area contributed by atoms with Crippen LogP contribution in [0.15, 0.2) is 24.3 Å². The van der Waals surface area contributed by atoms with Crippen molar-refractivity contribution in [2.45, 2.75) is 20.8 Å². The highest BCUT2D eigenvalue weighted by atomic mass is 16.5. The fraction of sp³-hybridized carbons (Fsp3) is 0.375. The number of benzene rings is 1. The Labute approximate surface area is 120 Å². The predicted molar refractivity (Wildman–Crippen MR) is 80.4 cm³/mol. The molecule has 0 amide bonds. The molecule has 0 aromatic heterocycles. The standard InChI is InChI=1S/C16H20N2O2/c1-4-18(5-2)15-9-7-13(11-14(15)12-17)8-10-16(19)20-6-3/h7-11H,4-6H2,1-3H3. The summed E-state index contributed by atoms with van der Waals surface area (Å²) in [5.74, 6) is -0.376. The molecular formula is C16H20N2O2. The normalized spacial score (nSPS) is 10.3. The molecular weight excluding hydrogens is 252 g/mol. The number of anilines is 1. The fourth-order valence-corrected chi connectivity index (χ4v) is 1.94. The quantitative estimate of drug-likeness (QED) is 0.590. The van der Waals surface area contributed by atoms with Crippen LogP contribution in [0.1, 0.15) is 31.9 Å². The van der Waals surface area contributed by atoms with Gasteiger partial charge in [0.05, 0.1) is 17.9 Å². The lowest BCUT2D eigenvalue weighted by Gasteiger charge is -2.22. The molecule has 1 aromatic rings. The number of rotatable bonds is 6. The van der Waals surface area contributed by atoms with Gasteiger partial charge >= 0.3 is 5.97 Å². The van der Waals surface area contributed by atoms with E-state index < -0.39 is 0 Å². The van der Waals surface area contributed by atoms with E-state index in [2.05, 4.69) is 24.8 Å². The smallest absolute Gasteiger partial charge is 0.330 e. The van der Waals surface area contributed by atoms with Crippen LogP contribution in [0.2, 0.25) is 0 Å². The van der Waals surface area contributed by atoms with Crippen LogP contribution in [0.4, 0.5) is 5.69 Å². The Bertz CT molecular complexity index is 526. The van der Waals surface area contributed by atoms with Crippen molar-refractivity contribution in [3.05, 3.63) is 35.4 Å². The van der Waals surface area contributed by atoms with Crippen LogP contribution in [0.3, 0.4) is 0 Å². The van der Waals surface area contributed by atoms with Crippen LogP contribution >= 0.6 is 0 Å². The van der Waals surface area contributed by atoms with Gasteiger partial charge in [-0.2, -0.15) is 5.26 Å². The third-order valence-corrected chi connectivity index (χ3v) is 2.94. The van der Waals surface area contributed by atoms with Gasteiger partial charge in [0.15, 0.2) is 0 Å². The van der Waals surface area contributed by atoms with E-state index in [0.29, 0.717) is 12.2 Å². The molecule has 0 aliphatic heterocycles. The van der Waals surface area contributed by atoms with E-state index in [1.165, 1.54) is 6.08 Å². The van der Waals surface area contributed by atoms with E-state index in [1.807, 2.05) is 12.1 Å². The number of nitrogens with zero attached hydrogens (tertiary/aromatic N) is 2. The van der Waals surface area contributed by atoms with Crippen LogP contribution in [-0.2, 0) is 9.53 Å². The van der Waals surface area contributed by atoms with Crippen LogP contribution in [0.25, 0.3) is 6.08 Å². The molecule has 0 fully saturated rings. The van der Waals surface area contributed by atoms with Crippen LogP contribution in [-0.4, -0.2) is 25.7 Å². The van der Waals surface area contributed by atoms with Gasteiger partial charge in [0.2, 0.25) is 0 Å². The van der Waals surface area contributed by atoms with Gasteiger partial charge in [-0.3, -0.25) is 0 Å². The summed E-state index contributed by atoms with van der Waals surface area (Å²) in [6.07, 6.45) is 3.03. The largest absolute Gasteiger partial charge is 0.463 e. The average molecular weight is 272 g/mol. The first kappa shape index (κ1) is 15.8. The molecule has 1 aromatic carbocycles. The fourth-order valence-electron chi connectivity index (χ4n) is 1.94. The molecule has 0 saturated carbocycles. The Balaban J connectivity index is 2.99. The Hall–Kier alpha value is -2.28. The molecule has 0 N–H and O–H groups in total. The molecule has 0 aliphatic rings. The predicted octanol–water partition coefficient (Wildman–Crippen LogP) is 2.98. The first-order chi connectivity index (χ1) is 9.65.